The van der Waals surface area contributed by atoms with Crippen molar-refractivity contribution in [3.63, 3.8) is 0 Å². The zero-order valence-corrected chi connectivity index (χ0v) is 20.1. The summed E-state index contributed by atoms with van der Waals surface area (Å²) >= 11 is 0. The molecule has 0 N–H and O–H groups in total. The number of rotatable bonds is 13. The predicted molar refractivity (Wildman–Crippen MR) is 137 cm³/mol. The Bertz CT molecular complexity index is 897. The molecule has 0 aliphatic carbocycles. The largest absolute Gasteiger partial charge is 0.491 e. The molecule has 0 fully saturated rings. The Morgan fingerprint density at radius 3 is 2.00 bits per heavy atom. The van der Waals surface area contributed by atoms with Gasteiger partial charge in [0.1, 0.15) is 5.75 Å². The van der Waals surface area contributed by atoms with E-state index in [1.54, 1.807) is 0 Å². The lowest BCUT2D eigenvalue weighted by molar-refractivity contribution is 0.206. The average Bonchev–Trinajstić information content (AvgIpc) is 2.83. The molecule has 2 nitrogen and oxygen atoms in total. The van der Waals surface area contributed by atoms with Gasteiger partial charge >= 0.3 is 0 Å². The van der Waals surface area contributed by atoms with Gasteiger partial charge in [0.05, 0.1) is 11.8 Å². The molecule has 2 aromatic carbocycles. The predicted octanol–water partition coefficient (Wildman–Crippen LogP) is 8.89. The molecule has 3 rings (SSSR count). The second kappa shape index (κ2) is 13.1. The highest BCUT2D eigenvalue weighted by Crippen LogP contribution is 2.25. The summed E-state index contributed by atoms with van der Waals surface area (Å²) < 4.78 is 6.09. The molecule has 1 unspecified atom stereocenters. The molecule has 1 aromatic heterocycles. The Labute approximate surface area is 195 Å². The fraction of sp³-hybridized carbons (Fsp3) is 0.433. The van der Waals surface area contributed by atoms with Crippen molar-refractivity contribution < 1.29 is 4.74 Å². The minimum Gasteiger partial charge on any atom is -0.491 e. The van der Waals surface area contributed by atoms with Gasteiger partial charge in [-0.1, -0.05) is 88.4 Å². The van der Waals surface area contributed by atoms with Crippen molar-refractivity contribution in [2.24, 2.45) is 0 Å². The maximum Gasteiger partial charge on any atom is 0.119 e. The van der Waals surface area contributed by atoms with E-state index in [-0.39, 0.29) is 6.10 Å². The van der Waals surface area contributed by atoms with Crippen LogP contribution < -0.4 is 4.74 Å². The highest BCUT2D eigenvalue weighted by Gasteiger charge is 2.06. The molecule has 0 aliphatic rings. The van der Waals surface area contributed by atoms with Gasteiger partial charge in [0.25, 0.3) is 0 Å². The van der Waals surface area contributed by atoms with Gasteiger partial charge < -0.3 is 4.74 Å². The Kier molecular flexibility index (Phi) is 9.81. The van der Waals surface area contributed by atoms with Crippen LogP contribution in [0.1, 0.15) is 77.7 Å². The maximum atomic E-state index is 6.09. The first kappa shape index (κ1) is 24.0. The lowest BCUT2D eigenvalue weighted by Crippen LogP contribution is -2.11. The van der Waals surface area contributed by atoms with Gasteiger partial charge in [0, 0.05) is 17.3 Å². The molecule has 2 heteroatoms. The normalized spacial score (nSPS) is 12.0. The van der Waals surface area contributed by atoms with Crippen LogP contribution >= 0.6 is 0 Å². The Balaban J connectivity index is 1.55. The molecule has 1 heterocycles. The Morgan fingerprint density at radius 2 is 1.34 bits per heavy atom. The van der Waals surface area contributed by atoms with Crippen LogP contribution in [0.5, 0.6) is 5.75 Å². The van der Waals surface area contributed by atoms with Gasteiger partial charge in [-0.05, 0) is 61.9 Å². The lowest BCUT2D eigenvalue weighted by Gasteiger charge is -2.15. The highest BCUT2D eigenvalue weighted by molar-refractivity contribution is 5.67. The van der Waals surface area contributed by atoms with Gasteiger partial charge in [-0.2, -0.15) is 0 Å². The molecule has 0 saturated heterocycles. The fourth-order valence-corrected chi connectivity index (χ4v) is 4.03. The van der Waals surface area contributed by atoms with Crippen LogP contribution in [0.4, 0.5) is 0 Å². The van der Waals surface area contributed by atoms with E-state index in [1.165, 1.54) is 61.6 Å². The van der Waals surface area contributed by atoms with E-state index in [2.05, 4.69) is 81.4 Å². The van der Waals surface area contributed by atoms with Crippen LogP contribution in [-0.4, -0.2) is 11.1 Å². The molecule has 32 heavy (non-hydrogen) atoms. The highest BCUT2D eigenvalue weighted by atomic mass is 16.5. The first-order valence-electron chi connectivity index (χ1n) is 12.5. The average molecular weight is 430 g/mol. The summed E-state index contributed by atoms with van der Waals surface area (Å²) in [6, 6.07) is 21.5. The molecule has 0 bridgehead atoms. The quantitative estimate of drug-likeness (QED) is 0.253. The van der Waals surface area contributed by atoms with E-state index in [0.717, 1.165) is 29.8 Å². The maximum absolute atomic E-state index is 6.09. The fourth-order valence-electron chi connectivity index (χ4n) is 4.03. The Morgan fingerprint density at radius 1 is 0.688 bits per heavy atom. The number of pyridine rings is 1. The van der Waals surface area contributed by atoms with E-state index in [1.807, 2.05) is 6.20 Å². The van der Waals surface area contributed by atoms with E-state index in [4.69, 9.17) is 9.72 Å². The van der Waals surface area contributed by atoms with Gasteiger partial charge in [-0.15, -0.1) is 0 Å². The second-order valence-electron chi connectivity index (χ2n) is 8.89. The zero-order chi connectivity index (χ0) is 22.6. The van der Waals surface area contributed by atoms with Crippen LogP contribution in [0.3, 0.4) is 0 Å². The summed E-state index contributed by atoms with van der Waals surface area (Å²) in [5.74, 6) is 0.945. The molecule has 3 aromatic rings. The number of aromatic nitrogens is 1. The van der Waals surface area contributed by atoms with Crippen molar-refractivity contribution in [2.45, 2.75) is 84.7 Å². The van der Waals surface area contributed by atoms with Gasteiger partial charge in [0.2, 0.25) is 0 Å². The number of unbranched alkanes of at least 4 members (excludes halogenated alkanes) is 5. The summed E-state index contributed by atoms with van der Waals surface area (Å²) in [6.07, 6.45) is 13.5. The summed E-state index contributed by atoms with van der Waals surface area (Å²) in [4.78, 5) is 4.72. The number of benzene rings is 2. The molecule has 0 aliphatic heterocycles. The van der Waals surface area contributed by atoms with Crippen molar-refractivity contribution in [3.8, 4) is 28.1 Å². The van der Waals surface area contributed by atoms with Crippen LogP contribution in [0.25, 0.3) is 22.4 Å². The molecular weight excluding hydrogens is 390 g/mol. The SMILES string of the molecule is CCCCCCC(C)Oc1ccc(-c2ccc(-c3ccc(CCCCC)cc3)nc2)cc1. The van der Waals surface area contributed by atoms with Crippen molar-refractivity contribution >= 4 is 0 Å². The molecule has 170 valence electrons. The lowest BCUT2D eigenvalue weighted by atomic mass is 10.0. The Hall–Kier alpha value is -2.61. The first-order valence-corrected chi connectivity index (χ1v) is 12.5. The third-order valence-corrected chi connectivity index (χ3v) is 6.07. The zero-order valence-electron chi connectivity index (χ0n) is 20.1. The van der Waals surface area contributed by atoms with E-state index in [9.17, 15) is 0 Å². The van der Waals surface area contributed by atoms with Crippen molar-refractivity contribution in [1.82, 2.24) is 4.98 Å². The van der Waals surface area contributed by atoms with Crippen LogP contribution in [-0.2, 0) is 6.42 Å². The van der Waals surface area contributed by atoms with Gasteiger partial charge in [-0.3, -0.25) is 4.98 Å². The number of aryl methyl sites for hydroxylation is 1. The third kappa shape index (κ3) is 7.51. The van der Waals surface area contributed by atoms with Crippen molar-refractivity contribution in [2.75, 3.05) is 0 Å². The van der Waals surface area contributed by atoms with E-state index < -0.39 is 0 Å². The van der Waals surface area contributed by atoms with Crippen LogP contribution in [0.2, 0.25) is 0 Å². The van der Waals surface area contributed by atoms with E-state index in [0.29, 0.717) is 0 Å². The van der Waals surface area contributed by atoms with E-state index >= 15 is 0 Å². The smallest absolute Gasteiger partial charge is 0.119 e. The molecular formula is C30H39NO. The summed E-state index contributed by atoms with van der Waals surface area (Å²) in [6.45, 7) is 6.66. The summed E-state index contributed by atoms with van der Waals surface area (Å²) in [5.41, 5.74) is 5.90. The van der Waals surface area contributed by atoms with Gasteiger partial charge in [-0.25, -0.2) is 0 Å². The van der Waals surface area contributed by atoms with Crippen molar-refractivity contribution in [3.05, 3.63) is 72.4 Å². The molecule has 1 atom stereocenters. The first-order chi connectivity index (χ1) is 15.7. The number of nitrogens with zero attached hydrogens (tertiary/aromatic N) is 1. The number of ether oxygens (including phenoxy) is 1. The number of hydrogen-bond acceptors (Lipinski definition) is 2. The van der Waals surface area contributed by atoms with Crippen LogP contribution in [0.15, 0.2) is 66.9 Å². The van der Waals surface area contributed by atoms with Gasteiger partial charge in [0.15, 0.2) is 0 Å². The third-order valence-electron chi connectivity index (χ3n) is 6.07. The molecule has 0 amide bonds. The minimum absolute atomic E-state index is 0.261. The summed E-state index contributed by atoms with van der Waals surface area (Å²) in [5, 5.41) is 0. The second-order valence-corrected chi connectivity index (χ2v) is 8.89. The molecule has 0 spiro atoms. The monoisotopic (exact) mass is 429 g/mol. The molecule has 0 radical (unpaired) electrons. The van der Waals surface area contributed by atoms with Crippen molar-refractivity contribution in [1.29, 1.82) is 0 Å². The van der Waals surface area contributed by atoms with Crippen LogP contribution in [0, 0.1) is 0 Å². The summed E-state index contributed by atoms with van der Waals surface area (Å²) in [7, 11) is 0. The standard InChI is InChI=1S/C30H39NO/c1-4-6-8-10-11-24(3)32-29-20-17-26(18-21-29)28-19-22-30(31-23-28)27-15-13-25(14-16-27)12-9-7-5-2/h13-24H,4-12H2,1-3H3. The minimum atomic E-state index is 0.261. The molecule has 0 saturated carbocycles. The number of hydrogen-bond donors (Lipinski definition) is 0. The topological polar surface area (TPSA) is 22.1 Å².